The molecule has 0 bridgehead atoms. The summed E-state index contributed by atoms with van der Waals surface area (Å²) in [4.78, 5) is 11.9. The number of nitrogens with zero attached hydrogens (tertiary/aromatic N) is 3. The molecule has 1 saturated carbocycles. The Morgan fingerprint density at radius 2 is 1.72 bits per heavy atom. The number of benzene rings is 1. The lowest BCUT2D eigenvalue weighted by atomic mass is 9.91. The molecule has 4 rings (SSSR count). The summed E-state index contributed by atoms with van der Waals surface area (Å²) in [5.74, 6) is 1.87. The molecule has 2 aliphatic rings. The molecule has 0 spiro atoms. The minimum Gasteiger partial charge on any atom is -0.362 e. The van der Waals surface area contributed by atoms with Gasteiger partial charge >= 0.3 is 0 Å². The van der Waals surface area contributed by atoms with Gasteiger partial charge in [-0.25, -0.2) is 4.98 Å². The van der Waals surface area contributed by atoms with Crippen LogP contribution >= 0.6 is 12.2 Å². The van der Waals surface area contributed by atoms with Crippen LogP contribution in [0.1, 0.15) is 60.9 Å². The molecule has 1 aromatic carbocycles. The van der Waals surface area contributed by atoms with Crippen molar-refractivity contribution in [1.29, 1.82) is 0 Å². The SMILES string of the molecule is Cc1ccc(C)c(NC(=S)N[C@H]2CC[C@@H](Nc3nc4c(c(N(C)C)n3)CCCC4)CC2)c1. The standard InChI is InChI=1S/C25H36N6S/c1-16-9-10-17(2)22(15-16)29-25(32)27-19-13-11-18(12-14-19)26-24-28-21-8-6-5-7-20(21)23(30-24)31(3)4/h9-10,15,18-19H,5-8,11-14H2,1-4H3,(H,26,28,30)(H2,27,29,32)/t18-,19+. The highest BCUT2D eigenvalue weighted by Crippen LogP contribution is 2.29. The third-order valence-corrected chi connectivity index (χ3v) is 6.84. The molecule has 1 aromatic heterocycles. The largest absolute Gasteiger partial charge is 0.362 e. The Morgan fingerprint density at radius 3 is 2.47 bits per heavy atom. The molecule has 0 saturated heterocycles. The molecule has 32 heavy (non-hydrogen) atoms. The van der Waals surface area contributed by atoms with Gasteiger partial charge < -0.3 is 20.9 Å². The summed E-state index contributed by atoms with van der Waals surface area (Å²) in [5.41, 5.74) is 6.09. The first kappa shape index (κ1) is 22.8. The molecule has 0 atom stereocenters. The molecule has 1 heterocycles. The number of aryl methyl sites for hydroxylation is 3. The first-order chi connectivity index (χ1) is 15.4. The summed E-state index contributed by atoms with van der Waals surface area (Å²) in [6, 6.07) is 7.20. The van der Waals surface area contributed by atoms with E-state index in [0.29, 0.717) is 17.2 Å². The van der Waals surface area contributed by atoms with Gasteiger partial charge in [0.1, 0.15) is 5.82 Å². The zero-order chi connectivity index (χ0) is 22.7. The normalized spacial score (nSPS) is 20.2. The van der Waals surface area contributed by atoms with Gasteiger partial charge in [0.25, 0.3) is 0 Å². The van der Waals surface area contributed by atoms with E-state index in [9.17, 15) is 0 Å². The quantitative estimate of drug-likeness (QED) is 0.566. The van der Waals surface area contributed by atoms with Crippen molar-refractivity contribution >= 4 is 34.8 Å². The van der Waals surface area contributed by atoms with Crippen molar-refractivity contribution in [2.75, 3.05) is 29.6 Å². The molecule has 2 aromatic rings. The minimum absolute atomic E-state index is 0.403. The van der Waals surface area contributed by atoms with Crippen LogP contribution in [-0.2, 0) is 12.8 Å². The Hall–Kier alpha value is -2.41. The summed E-state index contributed by atoms with van der Waals surface area (Å²) < 4.78 is 0. The number of aromatic nitrogens is 2. The van der Waals surface area contributed by atoms with Crippen LogP contribution in [0.5, 0.6) is 0 Å². The number of hydrogen-bond acceptors (Lipinski definition) is 5. The molecule has 2 aliphatic carbocycles. The van der Waals surface area contributed by atoms with E-state index in [0.717, 1.165) is 56.0 Å². The second-order valence-corrected chi connectivity index (χ2v) is 9.92. The monoisotopic (exact) mass is 452 g/mol. The molecule has 0 radical (unpaired) electrons. The van der Waals surface area contributed by atoms with Crippen LogP contribution < -0.4 is 20.9 Å². The molecule has 6 nitrogen and oxygen atoms in total. The molecule has 0 unspecified atom stereocenters. The Morgan fingerprint density at radius 1 is 1.00 bits per heavy atom. The number of nitrogens with one attached hydrogen (secondary N) is 3. The van der Waals surface area contributed by atoms with E-state index in [1.807, 2.05) is 0 Å². The smallest absolute Gasteiger partial charge is 0.225 e. The lowest BCUT2D eigenvalue weighted by Gasteiger charge is -2.31. The summed E-state index contributed by atoms with van der Waals surface area (Å²) in [7, 11) is 4.15. The fourth-order valence-electron chi connectivity index (χ4n) is 4.79. The van der Waals surface area contributed by atoms with Crippen molar-refractivity contribution in [1.82, 2.24) is 15.3 Å². The number of fused-ring (bicyclic) bond motifs is 1. The Balaban J connectivity index is 1.31. The van der Waals surface area contributed by atoms with Crippen molar-refractivity contribution in [2.45, 2.75) is 77.3 Å². The Labute approximate surface area is 197 Å². The van der Waals surface area contributed by atoms with Crippen LogP contribution in [0.25, 0.3) is 0 Å². The zero-order valence-corrected chi connectivity index (χ0v) is 20.6. The average Bonchev–Trinajstić information content (AvgIpc) is 2.77. The van der Waals surface area contributed by atoms with E-state index in [1.165, 1.54) is 35.2 Å². The maximum Gasteiger partial charge on any atom is 0.225 e. The van der Waals surface area contributed by atoms with Crippen LogP contribution in [0.3, 0.4) is 0 Å². The van der Waals surface area contributed by atoms with E-state index < -0.39 is 0 Å². The molecular formula is C25H36N6S. The van der Waals surface area contributed by atoms with E-state index in [-0.39, 0.29) is 0 Å². The van der Waals surface area contributed by atoms with Crippen molar-refractivity contribution < 1.29 is 0 Å². The van der Waals surface area contributed by atoms with Gasteiger partial charge in [0.15, 0.2) is 5.11 Å². The lowest BCUT2D eigenvalue weighted by Crippen LogP contribution is -2.42. The molecular weight excluding hydrogens is 416 g/mol. The van der Waals surface area contributed by atoms with Crippen molar-refractivity contribution in [3.8, 4) is 0 Å². The number of rotatable bonds is 5. The topological polar surface area (TPSA) is 65.1 Å². The Bertz CT molecular complexity index is 965. The van der Waals surface area contributed by atoms with Gasteiger partial charge in [-0.05, 0) is 94.6 Å². The van der Waals surface area contributed by atoms with E-state index >= 15 is 0 Å². The minimum atomic E-state index is 0.403. The van der Waals surface area contributed by atoms with Crippen LogP contribution in [-0.4, -0.2) is 41.3 Å². The van der Waals surface area contributed by atoms with Crippen molar-refractivity contribution in [3.05, 3.63) is 40.6 Å². The first-order valence-corrected chi connectivity index (χ1v) is 12.3. The Kier molecular flexibility index (Phi) is 7.13. The highest BCUT2D eigenvalue weighted by molar-refractivity contribution is 7.80. The van der Waals surface area contributed by atoms with Crippen LogP contribution in [0.15, 0.2) is 18.2 Å². The fraction of sp³-hybridized carbons (Fsp3) is 0.560. The third-order valence-electron chi connectivity index (χ3n) is 6.62. The number of anilines is 3. The second-order valence-electron chi connectivity index (χ2n) is 9.51. The van der Waals surface area contributed by atoms with Gasteiger partial charge in [0.2, 0.25) is 5.95 Å². The van der Waals surface area contributed by atoms with Gasteiger partial charge in [-0.2, -0.15) is 4.98 Å². The van der Waals surface area contributed by atoms with Crippen LogP contribution in [0.2, 0.25) is 0 Å². The maximum atomic E-state index is 5.59. The lowest BCUT2D eigenvalue weighted by molar-refractivity contribution is 0.387. The molecule has 172 valence electrons. The summed E-state index contributed by atoms with van der Waals surface area (Å²) in [6.45, 7) is 4.20. The van der Waals surface area contributed by atoms with Gasteiger partial charge in [-0.15, -0.1) is 0 Å². The fourth-order valence-corrected chi connectivity index (χ4v) is 5.06. The average molecular weight is 453 g/mol. The maximum absolute atomic E-state index is 5.59. The summed E-state index contributed by atoms with van der Waals surface area (Å²) >= 11 is 5.59. The van der Waals surface area contributed by atoms with E-state index in [4.69, 9.17) is 22.2 Å². The predicted octanol–water partition coefficient (Wildman–Crippen LogP) is 4.75. The van der Waals surface area contributed by atoms with Crippen molar-refractivity contribution in [2.24, 2.45) is 0 Å². The zero-order valence-electron chi connectivity index (χ0n) is 19.8. The molecule has 0 amide bonds. The third kappa shape index (κ3) is 5.49. The van der Waals surface area contributed by atoms with Crippen LogP contribution in [0, 0.1) is 13.8 Å². The number of thiocarbonyl (C=S) groups is 1. The van der Waals surface area contributed by atoms with Gasteiger partial charge in [-0.1, -0.05) is 12.1 Å². The highest BCUT2D eigenvalue weighted by atomic mass is 32.1. The molecule has 3 N–H and O–H groups in total. The summed E-state index contributed by atoms with van der Waals surface area (Å²) in [5, 5.41) is 11.2. The van der Waals surface area contributed by atoms with Gasteiger partial charge in [0, 0.05) is 37.4 Å². The van der Waals surface area contributed by atoms with Crippen molar-refractivity contribution in [3.63, 3.8) is 0 Å². The van der Waals surface area contributed by atoms with E-state index in [2.05, 4.69) is 67.0 Å². The summed E-state index contributed by atoms with van der Waals surface area (Å²) in [6.07, 6.45) is 8.95. The highest BCUT2D eigenvalue weighted by Gasteiger charge is 2.24. The second kappa shape index (κ2) is 10.0. The van der Waals surface area contributed by atoms with Gasteiger partial charge in [-0.3, -0.25) is 0 Å². The predicted molar refractivity (Wildman–Crippen MR) is 138 cm³/mol. The van der Waals surface area contributed by atoms with E-state index in [1.54, 1.807) is 0 Å². The molecule has 7 heteroatoms. The molecule has 0 aliphatic heterocycles. The first-order valence-electron chi connectivity index (χ1n) is 11.9. The van der Waals surface area contributed by atoms with Gasteiger partial charge in [0.05, 0.1) is 5.69 Å². The number of hydrogen-bond donors (Lipinski definition) is 3. The molecule has 1 fully saturated rings. The van der Waals surface area contributed by atoms with Crippen LogP contribution in [0.4, 0.5) is 17.5 Å².